The zero-order valence-corrected chi connectivity index (χ0v) is 9.99. The average Bonchev–Trinajstić information content (AvgIpc) is 2.38. The molecule has 0 aliphatic rings. The predicted molar refractivity (Wildman–Crippen MR) is 64.1 cm³/mol. The molecule has 0 N–H and O–H groups in total. The highest BCUT2D eigenvalue weighted by Gasteiger charge is 2.34. The molecule has 0 bridgehead atoms. The number of nitriles is 1. The number of hydrogen-bond acceptors (Lipinski definition) is 2. The van der Waals surface area contributed by atoms with Gasteiger partial charge in [-0.2, -0.15) is 18.4 Å². The van der Waals surface area contributed by atoms with Gasteiger partial charge >= 0.3 is 6.18 Å². The first-order valence-corrected chi connectivity index (χ1v) is 5.46. The summed E-state index contributed by atoms with van der Waals surface area (Å²) in [6, 6.07) is 9.47. The molecule has 1 heterocycles. The Morgan fingerprint density at radius 1 is 1.11 bits per heavy atom. The van der Waals surface area contributed by atoms with E-state index in [2.05, 4.69) is 4.98 Å². The van der Waals surface area contributed by atoms with E-state index in [4.69, 9.17) is 5.26 Å². The summed E-state index contributed by atoms with van der Waals surface area (Å²) in [6.07, 6.45) is -3.31. The van der Waals surface area contributed by atoms with Gasteiger partial charge in [-0.3, -0.25) is 0 Å². The molecule has 0 unspecified atom stereocenters. The first-order valence-electron chi connectivity index (χ1n) is 5.46. The molecule has 2 rings (SSSR count). The van der Waals surface area contributed by atoms with Gasteiger partial charge in [0.15, 0.2) is 5.69 Å². The van der Waals surface area contributed by atoms with Crippen molar-refractivity contribution < 1.29 is 13.2 Å². The van der Waals surface area contributed by atoms with Crippen LogP contribution in [0.3, 0.4) is 0 Å². The largest absolute Gasteiger partial charge is 0.419 e. The number of hydrogen-bond donors (Lipinski definition) is 0. The summed E-state index contributed by atoms with van der Waals surface area (Å²) >= 11 is 0. The second kappa shape index (κ2) is 4.73. The van der Waals surface area contributed by atoms with Gasteiger partial charge in [-0.1, -0.05) is 29.8 Å². The average molecular weight is 262 g/mol. The van der Waals surface area contributed by atoms with E-state index in [1.165, 1.54) is 12.3 Å². The number of aryl methyl sites for hydroxylation is 1. The lowest BCUT2D eigenvalue weighted by molar-refractivity contribution is -0.138. The van der Waals surface area contributed by atoms with E-state index < -0.39 is 17.4 Å². The van der Waals surface area contributed by atoms with E-state index in [0.29, 0.717) is 11.1 Å². The third-order valence-electron chi connectivity index (χ3n) is 2.68. The lowest BCUT2D eigenvalue weighted by Crippen LogP contribution is -2.09. The molecule has 0 spiro atoms. The molecule has 2 nitrogen and oxygen atoms in total. The van der Waals surface area contributed by atoms with Gasteiger partial charge in [-0.05, 0) is 18.6 Å². The minimum atomic E-state index is -4.58. The molecule has 0 amide bonds. The van der Waals surface area contributed by atoms with Crippen LogP contribution in [-0.4, -0.2) is 4.98 Å². The zero-order valence-electron chi connectivity index (χ0n) is 9.99. The summed E-state index contributed by atoms with van der Waals surface area (Å²) in [4.78, 5) is 3.58. The first kappa shape index (κ1) is 13.1. The molecule has 0 atom stereocenters. The number of halogens is 3. The number of rotatable bonds is 1. The fourth-order valence-electron chi connectivity index (χ4n) is 1.67. The van der Waals surface area contributed by atoms with Crippen molar-refractivity contribution in [3.8, 4) is 17.2 Å². The van der Waals surface area contributed by atoms with Gasteiger partial charge in [0.05, 0.1) is 5.56 Å². The van der Waals surface area contributed by atoms with Crippen molar-refractivity contribution in [2.75, 3.05) is 0 Å². The van der Waals surface area contributed by atoms with Crippen molar-refractivity contribution in [2.45, 2.75) is 13.1 Å². The smallest absolute Gasteiger partial charge is 0.244 e. The minimum Gasteiger partial charge on any atom is -0.244 e. The molecule has 2 aromatic rings. The Morgan fingerprint density at radius 2 is 1.74 bits per heavy atom. The molecular weight excluding hydrogens is 253 g/mol. The molecule has 96 valence electrons. The molecule has 0 aliphatic heterocycles. The summed E-state index contributed by atoms with van der Waals surface area (Å²) < 4.78 is 38.4. The van der Waals surface area contributed by atoms with Gasteiger partial charge in [-0.15, -0.1) is 0 Å². The topological polar surface area (TPSA) is 36.7 Å². The van der Waals surface area contributed by atoms with E-state index in [0.717, 1.165) is 11.6 Å². The van der Waals surface area contributed by atoms with Crippen molar-refractivity contribution in [3.63, 3.8) is 0 Å². The van der Waals surface area contributed by atoms with Gasteiger partial charge in [0.2, 0.25) is 0 Å². The first-order chi connectivity index (χ1) is 8.91. The summed E-state index contributed by atoms with van der Waals surface area (Å²) in [5.74, 6) is 0. The van der Waals surface area contributed by atoms with Gasteiger partial charge in [0.25, 0.3) is 0 Å². The number of aromatic nitrogens is 1. The lowest BCUT2D eigenvalue weighted by atomic mass is 10.0. The van der Waals surface area contributed by atoms with E-state index in [1.807, 2.05) is 6.92 Å². The van der Waals surface area contributed by atoms with E-state index in [-0.39, 0.29) is 0 Å². The molecule has 1 aromatic heterocycles. The lowest BCUT2D eigenvalue weighted by Gasteiger charge is -2.10. The van der Waals surface area contributed by atoms with Gasteiger partial charge < -0.3 is 0 Å². The van der Waals surface area contributed by atoms with Gasteiger partial charge in [-0.25, -0.2) is 4.98 Å². The second-order valence-electron chi connectivity index (χ2n) is 4.10. The van der Waals surface area contributed by atoms with Crippen LogP contribution in [0.1, 0.15) is 16.8 Å². The molecule has 0 saturated heterocycles. The molecule has 0 saturated carbocycles. The Balaban J connectivity index is 2.56. The van der Waals surface area contributed by atoms with Crippen LogP contribution in [0.15, 0.2) is 36.5 Å². The molecule has 19 heavy (non-hydrogen) atoms. The quantitative estimate of drug-likeness (QED) is 0.780. The summed E-state index contributed by atoms with van der Waals surface area (Å²) in [5, 5.41) is 8.67. The highest BCUT2D eigenvalue weighted by Crippen LogP contribution is 2.33. The Kier molecular flexibility index (Phi) is 3.26. The van der Waals surface area contributed by atoms with Gasteiger partial charge in [0, 0.05) is 11.8 Å². The third kappa shape index (κ3) is 2.74. The Hall–Kier alpha value is -2.35. The Bertz CT molecular complexity index is 637. The normalized spacial score (nSPS) is 11.1. The highest BCUT2D eigenvalue weighted by molar-refractivity contribution is 5.64. The predicted octanol–water partition coefficient (Wildman–Crippen LogP) is 3.95. The summed E-state index contributed by atoms with van der Waals surface area (Å²) in [7, 11) is 0. The Labute approximate surface area is 108 Å². The van der Waals surface area contributed by atoms with E-state index in [9.17, 15) is 13.2 Å². The van der Waals surface area contributed by atoms with Crippen LogP contribution in [0, 0.1) is 18.3 Å². The maximum atomic E-state index is 12.8. The van der Waals surface area contributed by atoms with E-state index in [1.54, 1.807) is 24.3 Å². The molecule has 1 aromatic carbocycles. The van der Waals surface area contributed by atoms with Crippen LogP contribution >= 0.6 is 0 Å². The molecular formula is C14H9F3N2. The highest BCUT2D eigenvalue weighted by atomic mass is 19.4. The SMILES string of the molecule is Cc1ccc(-c2cnc(C#N)c(C(F)(F)F)c2)cc1. The fourth-order valence-corrected chi connectivity index (χ4v) is 1.67. The van der Waals surface area contributed by atoms with Crippen LogP contribution in [0.2, 0.25) is 0 Å². The van der Waals surface area contributed by atoms with Crippen molar-refractivity contribution in [1.29, 1.82) is 5.26 Å². The van der Waals surface area contributed by atoms with Crippen LogP contribution in [-0.2, 0) is 6.18 Å². The van der Waals surface area contributed by atoms with Crippen molar-refractivity contribution >= 4 is 0 Å². The zero-order chi connectivity index (χ0) is 14.0. The number of nitrogens with zero attached hydrogens (tertiary/aromatic N) is 2. The monoisotopic (exact) mass is 262 g/mol. The minimum absolute atomic E-state index is 0.339. The molecule has 0 aliphatic carbocycles. The second-order valence-corrected chi connectivity index (χ2v) is 4.10. The number of alkyl halides is 3. The number of benzene rings is 1. The summed E-state index contributed by atoms with van der Waals surface area (Å²) in [5.41, 5.74) is 0.372. The van der Waals surface area contributed by atoms with Crippen LogP contribution in [0.5, 0.6) is 0 Å². The molecule has 0 radical (unpaired) electrons. The van der Waals surface area contributed by atoms with Crippen LogP contribution < -0.4 is 0 Å². The number of pyridine rings is 1. The van der Waals surface area contributed by atoms with E-state index >= 15 is 0 Å². The van der Waals surface area contributed by atoms with Gasteiger partial charge in [0.1, 0.15) is 6.07 Å². The maximum Gasteiger partial charge on any atom is 0.419 e. The standard InChI is InChI=1S/C14H9F3N2/c1-9-2-4-10(5-3-9)11-6-12(14(15,16)17)13(7-18)19-8-11/h2-6,8H,1H3. The maximum absolute atomic E-state index is 12.8. The Morgan fingerprint density at radius 3 is 2.26 bits per heavy atom. The van der Waals surface area contributed by atoms with Crippen LogP contribution in [0.25, 0.3) is 11.1 Å². The summed E-state index contributed by atoms with van der Waals surface area (Å²) in [6.45, 7) is 1.89. The van der Waals surface area contributed by atoms with Crippen LogP contribution in [0.4, 0.5) is 13.2 Å². The van der Waals surface area contributed by atoms with Crippen molar-refractivity contribution in [1.82, 2.24) is 4.98 Å². The fraction of sp³-hybridized carbons (Fsp3) is 0.143. The third-order valence-corrected chi connectivity index (χ3v) is 2.68. The van der Waals surface area contributed by atoms with Crippen molar-refractivity contribution in [3.05, 3.63) is 53.3 Å². The molecule has 0 fully saturated rings. The molecule has 5 heteroatoms. The van der Waals surface area contributed by atoms with Crippen molar-refractivity contribution in [2.24, 2.45) is 0 Å².